The van der Waals surface area contributed by atoms with Gasteiger partial charge in [-0.3, -0.25) is 4.98 Å². The minimum atomic E-state index is -0.990. The van der Waals surface area contributed by atoms with Crippen LogP contribution in [0.5, 0.6) is 5.88 Å². The van der Waals surface area contributed by atoms with E-state index in [4.69, 9.17) is 4.74 Å². The van der Waals surface area contributed by atoms with Gasteiger partial charge in [0.1, 0.15) is 11.3 Å². The number of hydrogen-bond acceptors (Lipinski definition) is 8. The number of fused-ring (bicyclic) bond motifs is 2. The standard InChI is InChI=1S/C25H30FN5O2S/c1-33-23-5-3-19-25(30-23)24(18(26)14-29-19)21(32)15-31-9-6-17(7-10-31)28-13-16-2-4-22-20(12-16)27-8-11-34-22/h2-5,12,14,17,21,27-28,32H,6-11,13,15H2,1H3/t21-/m0/s1. The summed E-state index contributed by atoms with van der Waals surface area (Å²) in [6, 6.07) is 10.5. The highest BCUT2D eigenvalue weighted by molar-refractivity contribution is 7.99. The van der Waals surface area contributed by atoms with Crippen LogP contribution in [0.25, 0.3) is 11.0 Å². The summed E-state index contributed by atoms with van der Waals surface area (Å²) in [6.07, 6.45) is 2.13. The maximum atomic E-state index is 14.7. The fourth-order valence-corrected chi connectivity index (χ4v) is 5.57. The first kappa shape index (κ1) is 23.3. The third-order valence-electron chi connectivity index (χ3n) is 6.55. The Morgan fingerprint density at radius 2 is 2.15 bits per heavy atom. The van der Waals surface area contributed by atoms with Crippen LogP contribution in [0.15, 0.2) is 41.4 Å². The maximum Gasteiger partial charge on any atom is 0.213 e. The number of aliphatic hydroxyl groups is 1. The Morgan fingerprint density at radius 3 is 2.97 bits per heavy atom. The second-order valence-corrected chi connectivity index (χ2v) is 9.96. The van der Waals surface area contributed by atoms with E-state index in [1.165, 1.54) is 23.3 Å². The first-order chi connectivity index (χ1) is 16.6. The Bertz CT molecular complexity index is 1160. The van der Waals surface area contributed by atoms with Crippen LogP contribution in [0, 0.1) is 5.82 Å². The molecule has 0 aliphatic carbocycles. The zero-order chi connectivity index (χ0) is 23.5. The molecule has 34 heavy (non-hydrogen) atoms. The van der Waals surface area contributed by atoms with Crippen molar-refractivity contribution in [2.45, 2.75) is 36.4 Å². The maximum absolute atomic E-state index is 14.7. The van der Waals surface area contributed by atoms with Crippen molar-refractivity contribution in [2.24, 2.45) is 0 Å². The molecule has 3 N–H and O–H groups in total. The fraction of sp³-hybridized carbons (Fsp3) is 0.440. The molecule has 2 aliphatic rings. The van der Waals surface area contributed by atoms with Crippen molar-refractivity contribution in [3.63, 3.8) is 0 Å². The van der Waals surface area contributed by atoms with Gasteiger partial charge in [0.15, 0.2) is 0 Å². The molecule has 1 fully saturated rings. The first-order valence-electron chi connectivity index (χ1n) is 11.7. The number of rotatable bonds is 7. The minimum Gasteiger partial charge on any atom is -0.481 e. The summed E-state index contributed by atoms with van der Waals surface area (Å²) in [5, 5.41) is 18.1. The third kappa shape index (κ3) is 5.12. The molecule has 3 aromatic rings. The van der Waals surface area contributed by atoms with Gasteiger partial charge in [-0.1, -0.05) is 6.07 Å². The number of likely N-dealkylation sites (tertiary alicyclic amines) is 1. The summed E-state index contributed by atoms with van der Waals surface area (Å²) in [7, 11) is 1.51. The summed E-state index contributed by atoms with van der Waals surface area (Å²) >= 11 is 1.90. The lowest BCUT2D eigenvalue weighted by Crippen LogP contribution is -2.43. The number of aliphatic hydroxyl groups excluding tert-OH is 1. The zero-order valence-corrected chi connectivity index (χ0v) is 20.1. The molecule has 0 amide bonds. The monoisotopic (exact) mass is 483 g/mol. The SMILES string of the molecule is COc1ccc2ncc(F)c([C@@H](O)CN3CCC(NCc4ccc5c(c4)NCCS5)CC3)c2n1. The molecule has 1 atom stereocenters. The van der Waals surface area contributed by atoms with Gasteiger partial charge in [0.05, 0.1) is 24.9 Å². The van der Waals surface area contributed by atoms with Crippen LogP contribution in [-0.4, -0.2) is 65.1 Å². The summed E-state index contributed by atoms with van der Waals surface area (Å²) in [5.74, 6) is 0.941. The van der Waals surface area contributed by atoms with Crippen molar-refractivity contribution in [2.75, 3.05) is 44.4 Å². The molecule has 2 aromatic heterocycles. The molecule has 9 heteroatoms. The number of β-amino-alcohol motifs (C(OH)–C–C–N with tert-alkyl or cyclic N) is 1. The highest BCUT2D eigenvalue weighted by Gasteiger charge is 2.25. The van der Waals surface area contributed by atoms with Crippen molar-refractivity contribution in [1.82, 2.24) is 20.2 Å². The van der Waals surface area contributed by atoms with Gasteiger partial charge in [-0.25, -0.2) is 9.37 Å². The lowest BCUT2D eigenvalue weighted by Gasteiger charge is -2.33. The van der Waals surface area contributed by atoms with E-state index < -0.39 is 11.9 Å². The number of nitrogens with zero attached hydrogens (tertiary/aromatic N) is 3. The molecule has 0 radical (unpaired) electrons. The normalized spacial score (nSPS) is 17.9. The molecule has 2 aliphatic heterocycles. The van der Waals surface area contributed by atoms with E-state index in [0.29, 0.717) is 29.5 Å². The lowest BCUT2D eigenvalue weighted by molar-refractivity contribution is 0.0924. The van der Waals surface area contributed by atoms with Crippen LogP contribution in [0.2, 0.25) is 0 Å². The lowest BCUT2D eigenvalue weighted by atomic mass is 10.0. The number of methoxy groups -OCH3 is 1. The van der Waals surface area contributed by atoms with Gasteiger partial charge in [0, 0.05) is 53.6 Å². The van der Waals surface area contributed by atoms with Crippen molar-refractivity contribution >= 4 is 28.5 Å². The molecular weight excluding hydrogens is 453 g/mol. The summed E-state index contributed by atoms with van der Waals surface area (Å²) < 4.78 is 19.8. The molecule has 0 spiro atoms. The summed E-state index contributed by atoms with van der Waals surface area (Å²) in [5.41, 5.74) is 3.59. The van der Waals surface area contributed by atoms with Crippen molar-refractivity contribution in [1.29, 1.82) is 0 Å². The number of aromatic nitrogens is 2. The summed E-state index contributed by atoms with van der Waals surface area (Å²) in [6.45, 7) is 3.91. The van der Waals surface area contributed by atoms with Crippen LogP contribution in [-0.2, 0) is 6.54 Å². The molecule has 180 valence electrons. The predicted molar refractivity (Wildman–Crippen MR) is 133 cm³/mol. The Balaban J connectivity index is 1.16. The Labute approximate surface area is 203 Å². The van der Waals surface area contributed by atoms with Crippen LogP contribution in [0.3, 0.4) is 0 Å². The molecule has 4 heterocycles. The largest absolute Gasteiger partial charge is 0.481 e. The Kier molecular flexibility index (Phi) is 7.15. The second-order valence-electron chi connectivity index (χ2n) is 8.82. The topological polar surface area (TPSA) is 82.5 Å². The van der Waals surface area contributed by atoms with Crippen LogP contribution in [0.1, 0.15) is 30.1 Å². The zero-order valence-electron chi connectivity index (χ0n) is 19.3. The fourth-order valence-electron chi connectivity index (χ4n) is 4.69. The number of thioether (sulfide) groups is 1. The van der Waals surface area contributed by atoms with Crippen LogP contribution < -0.4 is 15.4 Å². The predicted octanol–water partition coefficient (Wildman–Crippen LogP) is 3.58. The molecule has 7 nitrogen and oxygen atoms in total. The second kappa shape index (κ2) is 10.4. The van der Waals surface area contributed by atoms with Gasteiger partial charge in [0.25, 0.3) is 0 Å². The highest BCUT2D eigenvalue weighted by Crippen LogP contribution is 2.31. The van der Waals surface area contributed by atoms with Crippen molar-refractivity contribution < 1.29 is 14.2 Å². The highest BCUT2D eigenvalue weighted by atomic mass is 32.2. The van der Waals surface area contributed by atoms with Gasteiger partial charge in [-0.15, -0.1) is 11.8 Å². The van der Waals surface area contributed by atoms with Gasteiger partial charge in [-0.05, 0) is 49.7 Å². The van der Waals surface area contributed by atoms with E-state index in [-0.39, 0.29) is 5.56 Å². The van der Waals surface area contributed by atoms with E-state index in [9.17, 15) is 9.50 Å². The molecule has 0 bridgehead atoms. The molecule has 1 aromatic carbocycles. The van der Waals surface area contributed by atoms with Gasteiger partial charge in [-0.2, -0.15) is 0 Å². The molecule has 5 rings (SSSR count). The number of benzene rings is 1. The van der Waals surface area contributed by atoms with E-state index in [0.717, 1.165) is 51.0 Å². The molecule has 0 unspecified atom stereocenters. The number of piperidine rings is 1. The number of anilines is 1. The molecular formula is C25H30FN5O2S. The number of ether oxygens (including phenoxy) is 1. The quantitative estimate of drug-likeness (QED) is 0.471. The molecule has 0 saturated carbocycles. The van der Waals surface area contributed by atoms with Gasteiger partial charge >= 0.3 is 0 Å². The van der Waals surface area contributed by atoms with E-state index in [1.807, 2.05) is 11.8 Å². The van der Waals surface area contributed by atoms with E-state index in [2.05, 4.69) is 43.7 Å². The van der Waals surface area contributed by atoms with Gasteiger partial charge in [0.2, 0.25) is 5.88 Å². The van der Waals surface area contributed by atoms with E-state index >= 15 is 0 Å². The smallest absolute Gasteiger partial charge is 0.213 e. The van der Waals surface area contributed by atoms with Gasteiger partial charge < -0.3 is 25.4 Å². The van der Waals surface area contributed by atoms with Crippen LogP contribution >= 0.6 is 11.8 Å². The first-order valence-corrected chi connectivity index (χ1v) is 12.7. The summed E-state index contributed by atoms with van der Waals surface area (Å²) in [4.78, 5) is 12.0. The average Bonchev–Trinajstić information content (AvgIpc) is 2.87. The number of halogens is 1. The third-order valence-corrected chi connectivity index (χ3v) is 7.63. The van der Waals surface area contributed by atoms with E-state index in [1.54, 1.807) is 12.1 Å². The Hall–Kier alpha value is -2.46. The van der Waals surface area contributed by atoms with Crippen LogP contribution in [0.4, 0.5) is 10.1 Å². The average molecular weight is 484 g/mol. The van der Waals surface area contributed by atoms with Crippen molar-refractivity contribution in [3.05, 3.63) is 53.5 Å². The van der Waals surface area contributed by atoms with Crippen molar-refractivity contribution in [3.8, 4) is 5.88 Å². The number of nitrogens with one attached hydrogen (secondary N) is 2. The Morgan fingerprint density at radius 1 is 1.29 bits per heavy atom. The molecule has 1 saturated heterocycles. The minimum absolute atomic E-state index is 0.184. The number of pyridine rings is 2. The number of hydrogen-bond donors (Lipinski definition) is 3.